The predicted octanol–water partition coefficient (Wildman–Crippen LogP) is 2.04. The third kappa shape index (κ3) is 3.37. The molecule has 0 saturated carbocycles. The highest BCUT2D eigenvalue weighted by Gasteiger charge is 2.26. The fourth-order valence-corrected chi connectivity index (χ4v) is 2.76. The smallest absolute Gasteiger partial charge is 0.222 e. The lowest BCUT2D eigenvalue weighted by Gasteiger charge is -2.30. The van der Waals surface area contributed by atoms with Crippen molar-refractivity contribution >= 4 is 5.91 Å². The average molecular weight is 275 g/mol. The zero-order valence-electron chi connectivity index (χ0n) is 13.0. The van der Waals surface area contributed by atoms with Crippen molar-refractivity contribution in [1.82, 2.24) is 14.8 Å². The van der Waals surface area contributed by atoms with Gasteiger partial charge in [0.1, 0.15) is 0 Å². The Hall–Kier alpha value is -1.42. The van der Waals surface area contributed by atoms with E-state index in [2.05, 4.69) is 38.1 Å². The van der Waals surface area contributed by atoms with E-state index < -0.39 is 0 Å². The Kier molecular flexibility index (Phi) is 4.76. The lowest BCUT2D eigenvalue weighted by molar-refractivity contribution is -0.132. The summed E-state index contributed by atoms with van der Waals surface area (Å²) in [5.74, 6) is 0.573. The molecule has 1 saturated heterocycles. The maximum atomic E-state index is 11.9. The molecule has 1 aromatic rings. The Labute approximate surface area is 121 Å². The molecule has 0 spiro atoms. The van der Waals surface area contributed by atoms with E-state index in [1.165, 1.54) is 5.56 Å². The summed E-state index contributed by atoms with van der Waals surface area (Å²) < 4.78 is 0. The van der Waals surface area contributed by atoms with Crippen molar-refractivity contribution in [2.24, 2.45) is 0 Å². The van der Waals surface area contributed by atoms with Crippen LogP contribution in [0, 0.1) is 0 Å². The topological polar surface area (TPSA) is 36.4 Å². The quantitative estimate of drug-likeness (QED) is 0.844. The van der Waals surface area contributed by atoms with Gasteiger partial charge in [-0.05, 0) is 44.5 Å². The lowest BCUT2D eigenvalue weighted by Crippen LogP contribution is -2.35. The summed E-state index contributed by atoms with van der Waals surface area (Å²) in [5.41, 5.74) is 3.53. The van der Waals surface area contributed by atoms with Crippen LogP contribution in [0.15, 0.2) is 12.1 Å². The average Bonchev–Trinajstić information content (AvgIpc) is 2.41. The highest BCUT2D eigenvalue weighted by atomic mass is 16.2. The van der Waals surface area contributed by atoms with Crippen molar-refractivity contribution in [1.29, 1.82) is 0 Å². The van der Waals surface area contributed by atoms with Crippen LogP contribution in [0.1, 0.15) is 42.6 Å². The van der Waals surface area contributed by atoms with Crippen LogP contribution in [0.4, 0.5) is 0 Å². The molecule has 1 atom stereocenters. The van der Waals surface area contributed by atoms with Gasteiger partial charge in [0, 0.05) is 32.3 Å². The molecule has 1 aliphatic rings. The van der Waals surface area contributed by atoms with Crippen molar-refractivity contribution in [2.75, 3.05) is 27.7 Å². The number of nitrogens with zero attached hydrogens (tertiary/aromatic N) is 3. The van der Waals surface area contributed by atoms with Gasteiger partial charge >= 0.3 is 0 Å². The minimum atomic E-state index is 0.247. The van der Waals surface area contributed by atoms with E-state index in [1.54, 1.807) is 0 Å². The highest BCUT2D eigenvalue weighted by Crippen LogP contribution is 2.30. The molecule has 1 fully saturated rings. The van der Waals surface area contributed by atoms with Crippen molar-refractivity contribution in [3.63, 3.8) is 0 Å². The maximum Gasteiger partial charge on any atom is 0.222 e. The summed E-state index contributed by atoms with van der Waals surface area (Å²) in [6.45, 7) is 3.81. The minimum absolute atomic E-state index is 0.247. The Morgan fingerprint density at radius 3 is 2.75 bits per heavy atom. The van der Waals surface area contributed by atoms with E-state index in [4.69, 9.17) is 4.98 Å². The minimum Gasteiger partial charge on any atom is -0.346 e. The molecule has 4 nitrogen and oxygen atoms in total. The second-order valence-corrected chi connectivity index (χ2v) is 5.93. The van der Waals surface area contributed by atoms with E-state index in [1.807, 2.05) is 11.9 Å². The zero-order valence-corrected chi connectivity index (χ0v) is 13.0. The Balaban J connectivity index is 2.27. The second-order valence-electron chi connectivity index (χ2n) is 5.93. The third-order valence-electron chi connectivity index (χ3n) is 3.99. The maximum absolute atomic E-state index is 11.9. The molecule has 4 heteroatoms. The van der Waals surface area contributed by atoms with Crippen molar-refractivity contribution in [3.8, 4) is 0 Å². The first-order valence-electron chi connectivity index (χ1n) is 7.38. The van der Waals surface area contributed by atoms with Crippen LogP contribution in [-0.2, 0) is 17.8 Å². The summed E-state index contributed by atoms with van der Waals surface area (Å²) in [6.07, 6.45) is 2.60. The summed E-state index contributed by atoms with van der Waals surface area (Å²) in [4.78, 5) is 20.7. The largest absolute Gasteiger partial charge is 0.346 e. The van der Waals surface area contributed by atoms with Gasteiger partial charge in [0.05, 0.1) is 5.69 Å². The Morgan fingerprint density at radius 2 is 2.15 bits per heavy atom. The number of rotatable bonds is 4. The number of hydrogen-bond acceptors (Lipinski definition) is 3. The van der Waals surface area contributed by atoms with Crippen molar-refractivity contribution in [3.05, 3.63) is 29.1 Å². The van der Waals surface area contributed by atoms with Gasteiger partial charge in [-0.2, -0.15) is 0 Å². The van der Waals surface area contributed by atoms with Gasteiger partial charge in [0.2, 0.25) is 5.91 Å². The van der Waals surface area contributed by atoms with Crippen LogP contribution in [0.2, 0.25) is 0 Å². The summed E-state index contributed by atoms with van der Waals surface area (Å²) in [5, 5.41) is 0. The molecule has 0 aliphatic carbocycles. The molecule has 2 rings (SSSR count). The van der Waals surface area contributed by atoms with Crippen LogP contribution < -0.4 is 0 Å². The fourth-order valence-electron chi connectivity index (χ4n) is 2.76. The predicted molar refractivity (Wildman–Crippen MR) is 80.6 cm³/mol. The van der Waals surface area contributed by atoms with Gasteiger partial charge in [-0.15, -0.1) is 0 Å². The number of piperidine rings is 1. The molecule has 1 amide bonds. The van der Waals surface area contributed by atoms with E-state index >= 15 is 0 Å². The van der Waals surface area contributed by atoms with Crippen molar-refractivity contribution in [2.45, 2.75) is 38.6 Å². The van der Waals surface area contributed by atoms with E-state index in [9.17, 15) is 4.79 Å². The molecule has 20 heavy (non-hydrogen) atoms. The molecule has 1 aromatic heterocycles. The normalized spacial score (nSPS) is 19.8. The first kappa shape index (κ1) is 15.0. The lowest BCUT2D eigenvalue weighted by atomic mass is 9.87. The number of pyridine rings is 1. The first-order valence-corrected chi connectivity index (χ1v) is 7.38. The van der Waals surface area contributed by atoms with Gasteiger partial charge in [0.15, 0.2) is 0 Å². The number of aromatic nitrogens is 1. The third-order valence-corrected chi connectivity index (χ3v) is 3.99. The molecule has 110 valence electrons. The fraction of sp³-hybridized carbons (Fsp3) is 0.625. The molecule has 1 aliphatic heterocycles. The van der Waals surface area contributed by atoms with E-state index in [0.717, 1.165) is 37.3 Å². The molecule has 2 heterocycles. The molecular formula is C16H25N3O. The van der Waals surface area contributed by atoms with Crippen LogP contribution in [0.3, 0.4) is 0 Å². The molecule has 0 radical (unpaired) electrons. The van der Waals surface area contributed by atoms with E-state index in [0.29, 0.717) is 12.3 Å². The van der Waals surface area contributed by atoms with Crippen molar-refractivity contribution < 1.29 is 4.79 Å². The SMILES string of the molecule is CCc1ccc(C2CCN(C)C(=O)C2)c(CN(C)C)n1. The van der Waals surface area contributed by atoms with Crippen LogP contribution in [-0.4, -0.2) is 48.4 Å². The number of carbonyl (C=O) groups is 1. The molecule has 0 N–H and O–H groups in total. The van der Waals surface area contributed by atoms with Gasteiger partial charge < -0.3 is 9.80 Å². The number of carbonyl (C=O) groups excluding carboxylic acids is 1. The number of amides is 1. The zero-order chi connectivity index (χ0) is 14.7. The number of hydrogen-bond donors (Lipinski definition) is 0. The summed E-state index contributed by atoms with van der Waals surface area (Å²) >= 11 is 0. The van der Waals surface area contributed by atoms with Gasteiger partial charge in [0.25, 0.3) is 0 Å². The van der Waals surface area contributed by atoms with Crippen LogP contribution in [0.25, 0.3) is 0 Å². The van der Waals surface area contributed by atoms with Gasteiger partial charge in [-0.1, -0.05) is 13.0 Å². The number of likely N-dealkylation sites (tertiary alicyclic amines) is 1. The van der Waals surface area contributed by atoms with E-state index in [-0.39, 0.29) is 5.91 Å². The number of aryl methyl sites for hydroxylation is 1. The summed E-state index contributed by atoms with van der Waals surface area (Å²) in [6, 6.07) is 4.30. The summed E-state index contributed by atoms with van der Waals surface area (Å²) in [7, 11) is 6.01. The highest BCUT2D eigenvalue weighted by molar-refractivity contribution is 5.77. The second kappa shape index (κ2) is 6.35. The molecule has 0 aromatic carbocycles. The monoisotopic (exact) mass is 275 g/mol. The molecule has 1 unspecified atom stereocenters. The van der Waals surface area contributed by atoms with Crippen LogP contribution in [0.5, 0.6) is 0 Å². The van der Waals surface area contributed by atoms with Gasteiger partial charge in [-0.3, -0.25) is 9.78 Å². The standard InChI is InChI=1S/C16H25N3O/c1-5-13-6-7-14(15(17-13)11-18(2)3)12-8-9-19(4)16(20)10-12/h6-7,12H,5,8-11H2,1-4H3. The Morgan fingerprint density at radius 1 is 1.40 bits per heavy atom. The molecule has 0 bridgehead atoms. The van der Waals surface area contributed by atoms with Crippen LogP contribution >= 0.6 is 0 Å². The van der Waals surface area contributed by atoms with Gasteiger partial charge in [-0.25, -0.2) is 0 Å². The molecular weight excluding hydrogens is 250 g/mol. The first-order chi connectivity index (χ1) is 9.51. The Bertz CT molecular complexity index is 485.